The van der Waals surface area contributed by atoms with Gasteiger partial charge in [-0.2, -0.15) is 0 Å². The molecule has 1 heterocycles. The summed E-state index contributed by atoms with van der Waals surface area (Å²) in [5.74, 6) is -0.694. The minimum absolute atomic E-state index is 0.0181. The van der Waals surface area contributed by atoms with Gasteiger partial charge in [-0.25, -0.2) is 9.78 Å². The number of carbonyl (C=O) groups is 1. The smallest absolute Gasteiger partial charge is 0.338 e. The Hall–Kier alpha value is -2.97. The van der Waals surface area contributed by atoms with Gasteiger partial charge in [-0.1, -0.05) is 29.8 Å². The first-order chi connectivity index (χ1) is 12.5. The van der Waals surface area contributed by atoms with E-state index in [1.165, 1.54) is 23.5 Å². The number of anilines is 1. The van der Waals surface area contributed by atoms with Crippen LogP contribution in [0.5, 0.6) is 0 Å². The molecule has 2 N–H and O–H groups in total. The third kappa shape index (κ3) is 3.81. The lowest BCUT2D eigenvalue weighted by Gasteiger charge is -2.04. The van der Waals surface area contributed by atoms with Gasteiger partial charge in [0.2, 0.25) is 0 Å². The second-order valence-corrected chi connectivity index (χ2v) is 6.50. The number of hydrogen-bond donors (Lipinski definition) is 1. The predicted octanol–water partition coefficient (Wildman–Crippen LogP) is 4.31. The first-order valence-electron chi connectivity index (χ1n) is 7.36. The van der Waals surface area contributed by atoms with Crippen LogP contribution in [0.2, 0.25) is 5.02 Å². The number of nitrogens with two attached hydrogens (primary N) is 1. The molecule has 0 amide bonds. The molecule has 132 valence electrons. The number of nitro benzene ring substituents is 1. The second-order valence-electron chi connectivity index (χ2n) is 5.23. The van der Waals surface area contributed by atoms with Crippen molar-refractivity contribution < 1.29 is 14.5 Å². The Morgan fingerprint density at radius 1 is 1.31 bits per heavy atom. The molecule has 0 aliphatic heterocycles. The van der Waals surface area contributed by atoms with Crippen LogP contribution in [-0.2, 0) is 11.3 Å². The highest BCUT2D eigenvalue weighted by Gasteiger charge is 2.17. The number of nitrogens with zero attached hydrogens (tertiary/aromatic N) is 2. The van der Waals surface area contributed by atoms with E-state index in [1.807, 2.05) is 18.2 Å². The Morgan fingerprint density at radius 2 is 2.08 bits per heavy atom. The third-order valence-corrected chi connectivity index (χ3v) is 4.72. The summed E-state index contributed by atoms with van der Waals surface area (Å²) in [4.78, 5) is 26.7. The number of hydrogen-bond acceptors (Lipinski definition) is 7. The molecule has 0 radical (unpaired) electrons. The van der Waals surface area contributed by atoms with E-state index in [9.17, 15) is 14.9 Å². The van der Waals surface area contributed by atoms with Gasteiger partial charge in [-0.3, -0.25) is 10.1 Å². The zero-order valence-electron chi connectivity index (χ0n) is 13.2. The number of esters is 1. The Kier molecular flexibility index (Phi) is 5.15. The van der Waals surface area contributed by atoms with Crippen LogP contribution in [0, 0.1) is 10.1 Å². The molecular formula is C17H12ClN3O4S. The first-order valence-corrected chi connectivity index (χ1v) is 8.62. The van der Waals surface area contributed by atoms with Crippen LogP contribution < -0.4 is 5.73 Å². The van der Waals surface area contributed by atoms with Gasteiger partial charge < -0.3 is 10.5 Å². The van der Waals surface area contributed by atoms with Crippen LogP contribution in [0.1, 0.15) is 16.1 Å². The fraction of sp³-hybridized carbons (Fsp3) is 0.0588. The standard InChI is InChI=1S/C17H12ClN3O4S/c18-13-4-2-1-3-12(13)16-20-11(9-26-16)8-25-17(22)10-5-6-14(19)15(7-10)21(23)24/h1-7,9H,8,19H2. The van der Waals surface area contributed by atoms with Crippen molar-refractivity contribution in [2.45, 2.75) is 6.61 Å². The summed E-state index contributed by atoms with van der Waals surface area (Å²) in [6, 6.07) is 11.1. The van der Waals surface area contributed by atoms with E-state index in [1.54, 1.807) is 11.4 Å². The lowest BCUT2D eigenvalue weighted by Crippen LogP contribution is -2.07. The normalized spacial score (nSPS) is 10.5. The molecule has 7 nitrogen and oxygen atoms in total. The van der Waals surface area contributed by atoms with Gasteiger partial charge in [0.25, 0.3) is 5.69 Å². The molecule has 3 rings (SSSR count). The molecule has 0 bridgehead atoms. The zero-order chi connectivity index (χ0) is 18.7. The van der Waals surface area contributed by atoms with Crippen molar-refractivity contribution in [3.63, 3.8) is 0 Å². The summed E-state index contributed by atoms with van der Waals surface area (Å²) in [5.41, 5.74) is 6.56. The molecule has 0 aliphatic carbocycles. The second kappa shape index (κ2) is 7.51. The molecular weight excluding hydrogens is 378 g/mol. The van der Waals surface area contributed by atoms with Crippen LogP contribution in [-0.4, -0.2) is 15.9 Å². The van der Waals surface area contributed by atoms with Gasteiger partial charge in [0.15, 0.2) is 0 Å². The highest BCUT2D eigenvalue weighted by Crippen LogP contribution is 2.30. The Labute approximate surface area is 157 Å². The maximum atomic E-state index is 12.1. The number of thiazole rings is 1. The molecule has 26 heavy (non-hydrogen) atoms. The molecule has 0 fully saturated rings. The fourth-order valence-corrected chi connectivity index (χ4v) is 3.31. The van der Waals surface area contributed by atoms with Crippen LogP contribution >= 0.6 is 22.9 Å². The number of nitro groups is 1. The average molecular weight is 390 g/mol. The predicted molar refractivity (Wildman–Crippen MR) is 99.2 cm³/mol. The van der Waals surface area contributed by atoms with Crippen molar-refractivity contribution in [2.24, 2.45) is 0 Å². The van der Waals surface area contributed by atoms with E-state index in [0.717, 1.165) is 11.6 Å². The molecule has 9 heteroatoms. The van der Waals surface area contributed by atoms with Crippen molar-refractivity contribution in [1.29, 1.82) is 0 Å². The summed E-state index contributed by atoms with van der Waals surface area (Å²) in [6.07, 6.45) is 0. The van der Waals surface area contributed by atoms with Crippen LogP contribution in [0.15, 0.2) is 47.8 Å². The molecule has 0 saturated carbocycles. The van der Waals surface area contributed by atoms with Crippen molar-refractivity contribution in [2.75, 3.05) is 5.73 Å². The fourth-order valence-electron chi connectivity index (χ4n) is 2.18. The maximum absolute atomic E-state index is 12.1. The van der Waals surface area contributed by atoms with Gasteiger partial charge in [0, 0.05) is 17.0 Å². The van der Waals surface area contributed by atoms with Crippen molar-refractivity contribution in [3.8, 4) is 10.6 Å². The quantitative estimate of drug-likeness (QED) is 0.301. The minimum atomic E-state index is -0.694. The molecule has 1 aromatic heterocycles. The highest BCUT2D eigenvalue weighted by molar-refractivity contribution is 7.13. The molecule has 2 aromatic carbocycles. The number of aromatic nitrogens is 1. The first kappa shape index (κ1) is 17.8. The van der Waals surface area contributed by atoms with E-state index < -0.39 is 10.9 Å². The highest BCUT2D eigenvalue weighted by atomic mass is 35.5. The van der Waals surface area contributed by atoms with Crippen molar-refractivity contribution in [1.82, 2.24) is 4.98 Å². The van der Waals surface area contributed by atoms with Crippen molar-refractivity contribution in [3.05, 3.63) is 74.2 Å². The number of carbonyl (C=O) groups excluding carboxylic acids is 1. The third-order valence-electron chi connectivity index (χ3n) is 3.47. The summed E-state index contributed by atoms with van der Waals surface area (Å²) >= 11 is 7.52. The lowest BCUT2D eigenvalue weighted by atomic mass is 10.2. The monoisotopic (exact) mass is 389 g/mol. The maximum Gasteiger partial charge on any atom is 0.338 e. The van der Waals surface area contributed by atoms with Gasteiger partial charge >= 0.3 is 5.97 Å². The van der Waals surface area contributed by atoms with Crippen LogP contribution in [0.4, 0.5) is 11.4 Å². The molecule has 0 aliphatic rings. The Balaban J connectivity index is 1.70. The average Bonchev–Trinajstić information content (AvgIpc) is 3.09. The number of ether oxygens (including phenoxy) is 1. The van der Waals surface area contributed by atoms with E-state index in [4.69, 9.17) is 22.1 Å². The minimum Gasteiger partial charge on any atom is -0.456 e. The van der Waals surface area contributed by atoms with E-state index >= 15 is 0 Å². The number of rotatable bonds is 5. The van der Waals surface area contributed by atoms with E-state index in [2.05, 4.69) is 4.98 Å². The molecule has 0 spiro atoms. The van der Waals surface area contributed by atoms with Crippen LogP contribution in [0.25, 0.3) is 10.6 Å². The van der Waals surface area contributed by atoms with Crippen molar-refractivity contribution >= 4 is 40.3 Å². The van der Waals surface area contributed by atoms with E-state index in [-0.39, 0.29) is 23.5 Å². The molecule has 0 saturated heterocycles. The van der Waals surface area contributed by atoms with Gasteiger partial charge in [-0.05, 0) is 18.2 Å². The summed E-state index contributed by atoms with van der Waals surface area (Å²) in [6.45, 7) is -0.0576. The van der Waals surface area contributed by atoms with Crippen LogP contribution in [0.3, 0.4) is 0 Å². The number of nitrogen functional groups attached to an aromatic ring is 1. The van der Waals surface area contributed by atoms with Gasteiger partial charge in [0.1, 0.15) is 17.3 Å². The summed E-state index contributed by atoms with van der Waals surface area (Å²) in [5, 5.41) is 14.0. The zero-order valence-corrected chi connectivity index (χ0v) is 14.8. The molecule has 3 aromatic rings. The number of benzene rings is 2. The summed E-state index contributed by atoms with van der Waals surface area (Å²) < 4.78 is 5.18. The van der Waals surface area contributed by atoms with Gasteiger partial charge in [-0.15, -0.1) is 11.3 Å². The SMILES string of the molecule is Nc1ccc(C(=O)OCc2csc(-c3ccccc3Cl)n2)cc1[N+](=O)[O-]. The Bertz CT molecular complexity index is 990. The topological polar surface area (TPSA) is 108 Å². The van der Waals surface area contributed by atoms with Gasteiger partial charge in [0.05, 0.1) is 21.2 Å². The molecule has 0 unspecified atom stereocenters. The lowest BCUT2D eigenvalue weighted by molar-refractivity contribution is -0.383. The number of halogens is 1. The largest absolute Gasteiger partial charge is 0.456 e. The molecule has 0 atom stereocenters. The Morgan fingerprint density at radius 3 is 2.81 bits per heavy atom. The van der Waals surface area contributed by atoms with E-state index in [0.29, 0.717) is 15.7 Å². The summed E-state index contributed by atoms with van der Waals surface area (Å²) in [7, 11) is 0.